The molecule has 0 bridgehead atoms. The quantitative estimate of drug-likeness (QED) is 0.942. The molecule has 1 aliphatic heterocycles. The molecule has 1 aromatic carbocycles. The van der Waals surface area contributed by atoms with Gasteiger partial charge in [0.15, 0.2) is 0 Å². The zero-order valence-corrected chi connectivity index (χ0v) is 13.3. The van der Waals surface area contributed by atoms with Crippen LogP contribution in [0.5, 0.6) is 0 Å². The highest BCUT2D eigenvalue weighted by Gasteiger charge is 2.23. The van der Waals surface area contributed by atoms with E-state index in [2.05, 4.69) is 32.9 Å². The van der Waals surface area contributed by atoms with E-state index in [0.717, 1.165) is 21.7 Å². The average Bonchev–Trinajstić information content (AvgIpc) is 2.91. The van der Waals surface area contributed by atoms with E-state index in [1.807, 2.05) is 12.1 Å². The molecular formula is C14H19ClN4S. The number of nitrogens with one attached hydrogen (secondary N) is 1. The second-order valence-corrected chi connectivity index (χ2v) is 6.56. The van der Waals surface area contributed by atoms with Gasteiger partial charge in [-0.15, -0.1) is 0 Å². The van der Waals surface area contributed by atoms with E-state index in [1.165, 1.54) is 37.7 Å². The Morgan fingerprint density at radius 3 is 2.85 bits per heavy atom. The maximum Gasteiger partial charge on any atom is 0.129 e. The first-order valence-electron chi connectivity index (χ1n) is 7.01. The highest BCUT2D eigenvalue weighted by molar-refractivity contribution is 7.00. The Balaban J connectivity index is 1.78. The topological polar surface area (TPSA) is 41.1 Å². The molecule has 2 aromatic rings. The lowest BCUT2D eigenvalue weighted by atomic mass is 9.90. The smallest absolute Gasteiger partial charge is 0.129 e. The van der Waals surface area contributed by atoms with Crippen molar-refractivity contribution in [1.82, 2.24) is 13.6 Å². The number of anilines is 1. The molecule has 1 saturated heterocycles. The van der Waals surface area contributed by atoms with E-state index >= 15 is 0 Å². The number of halogens is 1. The third kappa shape index (κ3) is 2.75. The van der Waals surface area contributed by atoms with Crippen LogP contribution in [0.15, 0.2) is 12.1 Å². The third-order valence-electron chi connectivity index (χ3n) is 4.22. The minimum atomic E-state index is 0.397. The van der Waals surface area contributed by atoms with E-state index in [-0.39, 0.29) is 0 Å². The second-order valence-electron chi connectivity index (χ2n) is 5.63. The van der Waals surface area contributed by atoms with Crippen LogP contribution < -0.4 is 5.32 Å². The lowest BCUT2D eigenvalue weighted by molar-refractivity contribution is 0.208. The molecule has 20 heavy (non-hydrogen) atoms. The summed E-state index contributed by atoms with van der Waals surface area (Å²) in [4.78, 5) is 2.39. The molecule has 0 saturated carbocycles. The third-order valence-corrected chi connectivity index (χ3v) is 5.08. The molecule has 1 unspecified atom stereocenters. The van der Waals surface area contributed by atoms with Gasteiger partial charge in [-0.1, -0.05) is 11.6 Å². The van der Waals surface area contributed by atoms with Crippen LogP contribution in [0.25, 0.3) is 11.0 Å². The summed E-state index contributed by atoms with van der Waals surface area (Å²) in [7, 11) is 2.19. The van der Waals surface area contributed by atoms with E-state index in [9.17, 15) is 0 Å². The van der Waals surface area contributed by atoms with Crippen LogP contribution in [-0.2, 0) is 0 Å². The van der Waals surface area contributed by atoms with Crippen molar-refractivity contribution < 1.29 is 0 Å². The monoisotopic (exact) mass is 310 g/mol. The Morgan fingerprint density at radius 1 is 1.35 bits per heavy atom. The fourth-order valence-corrected chi connectivity index (χ4v) is 3.59. The Bertz CT molecular complexity index is 592. The standard InChI is InChI=1S/C14H19ClN4S/c1-9(10-5-7-19(2)8-6-10)16-13-11(15)3-4-12-14(13)18-20-17-12/h3-4,9-10,16H,5-8H2,1-2H3. The van der Waals surface area contributed by atoms with Crippen molar-refractivity contribution >= 4 is 40.0 Å². The maximum atomic E-state index is 6.33. The molecule has 1 fully saturated rings. The van der Waals surface area contributed by atoms with E-state index in [4.69, 9.17) is 11.6 Å². The van der Waals surface area contributed by atoms with Crippen molar-refractivity contribution in [2.45, 2.75) is 25.8 Å². The molecule has 0 radical (unpaired) electrons. The Labute approximate surface area is 128 Å². The number of aromatic nitrogens is 2. The summed E-state index contributed by atoms with van der Waals surface area (Å²) in [6.07, 6.45) is 2.46. The molecule has 1 N–H and O–H groups in total. The molecule has 2 heterocycles. The summed E-state index contributed by atoms with van der Waals surface area (Å²) in [5.41, 5.74) is 2.74. The van der Waals surface area contributed by atoms with Gasteiger partial charge in [0, 0.05) is 6.04 Å². The summed E-state index contributed by atoms with van der Waals surface area (Å²) in [5, 5.41) is 4.30. The van der Waals surface area contributed by atoms with Crippen molar-refractivity contribution in [1.29, 1.82) is 0 Å². The van der Waals surface area contributed by atoms with Gasteiger partial charge in [-0.05, 0) is 58.0 Å². The number of likely N-dealkylation sites (tertiary alicyclic amines) is 1. The number of nitrogens with zero attached hydrogens (tertiary/aromatic N) is 3. The number of rotatable bonds is 3. The summed E-state index contributed by atoms with van der Waals surface area (Å²) in [5.74, 6) is 0.684. The van der Waals surface area contributed by atoms with Gasteiger partial charge in [-0.2, -0.15) is 8.75 Å². The lowest BCUT2D eigenvalue weighted by Crippen LogP contribution is -2.37. The van der Waals surface area contributed by atoms with E-state index < -0.39 is 0 Å². The average molecular weight is 311 g/mol. The van der Waals surface area contributed by atoms with E-state index in [1.54, 1.807) is 0 Å². The fraction of sp³-hybridized carbons (Fsp3) is 0.571. The maximum absolute atomic E-state index is 6.33. The summed E-state index contributed by atoms with van der Waals surface area (Å²) in [6, 6.07) is 4.22. The van der Waals surface area contributed by atoms with Crippen LogP contribution in [0.3, 0.4) is 0 Å². The van der Waals surface area contributed by atoms with Crippen LogP contribution in [0.4, 0.5) is 5.69 Å². The molecule has 6 heteroatoms. The molecule has 1 atom stereocenters. The minimum absolute atomic E-state index is 0.397. The molecule has 0 spiro atoms. The number of benzene rings is 1. The highest BCUT2D eigenvalue weighted by atomic mass is 35.5. The first-order valence-corrected chi connectivity index (χ1v) is 8.12. The first-order chi connectivity index (χ1) is 9.65. The number of hydrogen-bond acceptors (Lipinski definition) is 5. The van der Waals surface area contributed by atoms with Gasteiger partial charge in [0.05, 0.1) is 22.4 Å². The van der Waals surface area contributed by atoms with E-state index in [0.29, 0.717) is 12.0 Å². The second kappa shape index (κ2) is 5.84. The largest absolute Gasteiger partial charge is 0.379 e. The zero-order valence-electron chi connectivity index (χ0n) is 11.8. The van der Waals surface area contributed by atoms with Gasteiger partial charge >= 0.3 is 0 Å². The predicted molar refractivity (Wildman–Crippen MR) is 85.7 cm³/mol. The minimum Gasteiger partial charge on any atom is -0.379 e. The normalized spacial score (nSPS) is 19.4. The van der Waals surface area contributed by atoms with Crippen molar-refractivity contribution in [2.75, 3.05) is 25.5 Å². The van der Waals surface area contributed by atoms with Gasteiger partial charge in [0.1, 0.15) is 11.0 Å². The summed E-state index contributed by atoms with van der Waals surface area (Å²) in [6.45, 7) is 4.59. The molecule has 108 valence electrons. The number of hydrogen-bond donors (Lipinski definition) is 1. The van der Waals surface area contributed by atoms with Gasteiger partial charge in [0.25, 0.3) is 0 Å². The van der Waals surface area contributed by atoms with Gasteiger partial charge < -0.3 is 10.2 Å². The molecular weight excluding hydrogens is 292 g/mol. The molecule has 1 aromatic heterocycles. The first kappa shape index (κ1) is 14.0. The number of fused-ring (bicyclic) bond motifs is 1. The fourth-order valence-electron chi connectivity index (χ4n) is 2.84. The zero-order chi connectivity index (χ0) is 14.1. The Hall–Kier alpha value is -0.910. The SMILES string of the molecule is CC(Nc1c(Cl)ccc2nsnc12)C1CCN(C)CC1. The Morgan fingerprint density at radius 2 is 2.10 bits per heavy atom. The lowest BCUT2D eigenvalue weighted by Gasteiger charge is -2.33. The van der Waals surface area contributed by atoms with Crippen molar-refractivity contribution in [3.05, 3.63) is 17.2 Å². The van der Waals surface area contributed by atoms with Crippen molar-refractivity contribution in [2.24, 2.45) is 5.92 Å². The molecule has 1 aliphatic rings. The van der Waals surface area contributed by atoms with Crippen LogP contribution >= 0.6 is 23.3 Å². The molecule has 0 aliphatic carbocycles. The van der Waals surface area contributed by atoms with Crippen LogP contribution in [0.2, 0.25) is 5.02 Å². The molecule has 4 nitrogen and oxygen atoms in total. The molecule has 0 amide bonds. The summed E-state index contributed by atoms with van der Waals surface area (Å²) < 4.78 is 8.64. The van der Waals surface area contributed by atoms with Gasteiger partial charge in [0.2, 0.25) is 0 Å². The van der Waals surface area contributed by atoms with Gasteiger partial charge in [-0.25, -0.2) is 0 Å². The summed E-state index contributed by atoms with van der Waals surface area (Å²) >= 11 is 7.57. The van der Waals surface area contributed by atoms with Crippen molar-refractivity contribution in [3.63, 3.8) is 0 Å². The Kier molecular flexibility index (Phi) is 4.10. The number of piperidine rings is 1. The highest BCUT2D eigenvalue weighted by Crippen LogP contribution is 2.32. The molecule has 3 rings (SSSR count). The van der Waals surface area contributed by atoms with Crippen LogP contribution in [-0.4, -0.2) is 39.8 Å². The predicted octanol–water partition coefficient (Wildman–Crippen LogP) is 3.49. The van der Waals surface area contributed by atoms with Crippen molar-refractivity contribution in [3.8, 4) is 0 Å². The van der Waals surface area contributed by atoms with Gasteiger partial charge in [-0.3, -0.25) is 0 Å². The van der Waals surface area contributed by atoms with Crippen LogP contribution in [0, 0.1) is 5.92 Å². The van der Waals surface area contributed by atoms with Crippen LogP contribution in [0.1, 0.15) is 19.8 Å².